The first-order valence-electron chi connectivity index (χ1n) is 5.55. The number of rotatable bonds is 2. The number of hydrogen-bond donors (Lipinski definition) is 2. The van der Waals surface area contributed by atoms with Gasteiger partial charge in [-0.1, -0.05) is 15.9 Å². The fourth-order valence-electron chi connectivity index (χ4n) is 1.72. The van der Waals surface area contributed by atoms with Gasteiger partial charge >= 0.3 is 0 Å². The molecule has 1 aliphatic heterocycles. The number of ether oxygens (including phenoxy) is 1. The second-order valence-electron chi connectivity index (χ2n) is 4.03. The molecule has 1 amide bonds. The molecule has 1 aromatic rings. The van der Waals surface area contributed by atoms with Crippen LogP contribution in [-0.2, 0) is 9.53 Å². The minimum Gasteiger partial charge on any atom is -0.378 e. The van der Waals surface area contributed by atoms with Gasteiger partial charge in [0, 0.05) is 16.7 Å². The summed E-state index contributed by atoms with van der Waals surface area (Å²) in [6.07, 6.45) is 0. The van der Waals surface area contributed by atoms with Crippen molar-refractivity contribution in [2.24, 2.45) is 0 Å². The highest BCUT2D eigenvalue weighted by Gasteiger charge is 2.21. The summed E-state index contributed by atoms with van der Waals surface area (Å²) < 4.78 is 6.27. The van der Waals surface area contributed by atoms with Crippen molar-refractivity contribution in [3.05, 3.63) is 28.2 Å². The maximum absolute atomic E-state index is 11.9. The molecule has 1 aliphatic rings. The SMILES string of the molecule is Cc1cc(Br)ccc1NC(=O)C1COCCN1. The zero-order chi connectivity index (χ0) is 12.3. The van der Waals surface area contributed by atoms with E-state index in [1.807, 2.05) is 25.1 Å². The molecule has 0 aromatic heterocycles. The van der Waals surface area contributed by atoms with Gasteiger partial charge in [0.05, 0.1) is 13.2 Å². The fraction of sp³-hybridized carbons (Fsp3) is 0.417. The molecule has 0 aliphatic carbocycles. The van der Waals surface area contributed by atoms with Crippen molar-refractivity contribution in [2.75, 3.05) is 25.1 Å². The summed E-state index contributed by atoms with van der Waals surface area (Å²) in [6.45, 7) is 3.78. The van der Waals surface area contributed by atoms with Gasteiger partial charge in [0.15, 0.2) is 0 Å². The largest absolute Gasteiger partial charge is 0.378 e. The summed E-state index contributed by atoms with van der Waals surface area (Å²) in [4.78, 5) is 11.9. The highest BCUT2D eigenvalue weighted by Crippen LogP contribution is 2.20. The third-order valence-corrected chi connectivity index (χ3v) is 3.18. The second-order valence-corrected chi connectivity index (χ2v) is 4.95. The average molecular weight is 299 g/mol. The number of aryl methyl sites for hydroxylation is 1. The Bertz CT molecular complexity index is 417. The van der Waals surface area contributed by atoms with Gasteiger partial charge in [0.2, 0.25) is 5.91 Å². The molecule has 0 bridgehead atoms. The molecule has 2 N–H and O–H groups in total. The minimum atomic E-state index is -0.258. The number of nitrogens with one attached hydrogen (secondary N) is 2. The van der Waals surface area contributed by atoms with Crippen molar-refractivity contribution in [3.8, 4) is 0 Å². The van der Waals surface area contributed by atoms with Gasteiger partial charge in [-0.2, -0.15) is 0 Å². The van der Waals surface area contributed by atoms with Gasteiger partial charge in [-0.3, -0.25) is 4.79 Å². The van der Waals surface area contributed by atoms with Crippen molar-refractivity contribution < 1.29 is 9.53 Å². The Balaban J connectivity index is 2.02. The number of anilines is 1. The van der Waals surface area contributed by atoms with Crippen LogP contribution in [0, 0.1) is 6.92 Å². The summed E-state index contributed by atoms with van der Waals surface area (Å²) >= 11 is 3.39. The van der Waals surface area contributed by atoms with Crippen molar-refractivity contribution in [1.82, 2.24) is 5.32 Å². The number of benzene rings is 1. The standard InChI is InChI=1S/C12H15BrN2O2/c1-8-6-9(13)2-3-10(8)15-12(16)11-7-17-5-4-14-11/h2-3,6,11,14H,4-5,7H2,1H3,(H,15,16). The van der Waals surface area contributed by atoms with Crippen LogP contribution in [0.5, 0.6) is 0 Å². The van der Waals surface area contributed by atoms with Gasteiger partial charge in [0.25, 0.3) is 0 Å². The van der Waals surface area contributed by atoms with Crippen molar-refractivity contribution in [2.45, 2.75) is 13.0 Å². The monoisotopic (exact) mass is 298 g/mol. The molecule has 0 spiro atoms. The Morgan fingerprint density at radius 3 is 3.06 bits per heavy atom. The van der Waals surface area contributed by atoms with Crippen molar-refractivity contribution >= 4 is 27.5 Å². The number of hydrogen-bond acceptors (Lipinski definition) is 3. The van der Waals surface area contributed by atoms with Crippen LogP contribution < -0.4 is 10.6 Å². The predicted molar refractivity (Wildman–Crippen MR) is 70.1 cm³/mol. The Kier molecular flexibility index (Phi) is 4.15. The van der Waals surface area contributed by atoms with Crippen LogP contribution in [0.15, 0.2) is 22.7 Å². The van der Waals surface area contributed by atoms with Gasteiger partial charge in [0.1, 0.15) is 6.04 Å². The summed E-state index contributed by atoms with van der Waals surface area (Å²) in [5, 5.41) is 6.03. The Morgan fingerprint density at radius 2 is 2.41 bits per heavy atom. The third-order valence-electron chi connectivity index (χ3n) is 2.68. The van der Waals surface area contributed by atoms with Crippen LogP contribution in [0.1, 0.15) is 5.56 Å². The van der Waals surface area contributed by atoms with Gasteiger partial charge in [-0.25, -0.2) is 0 Å². The molecule has 0 saturated carbocycles. The fourth-order valence-corrected chi connectivity index (χ4v) is 2.20. The van der Waals surface area contributed by atoms with E-state index >= 15 is 0 Å². The summed E-state index contributed by atoms with van der Waals surface area (Å²) in [6, 6.07) is 5.52. The van der Waals surface area contributed by atoms with E-state index in [1.54, 1.807) is 0 Å². The van der Waals surface area contributed by atoms with E-state index in [9.17, 15) is 4.79 Å². The normalized spacial score (nSPS) is 20.0. The summed E-state index contributed by atoms with van der Waals surface area (Å²) in [7, 11) is 0. The quantitative estimate of drug-likeness (QED) is 0.873. The molecule has 1 atom stereocenters. The van der Waals surface area contributed by atoms with Gasteiger partial charge in [-0.15, -0.1) is 0 Å². The lowest BCUT2D eigenvalue weighted by molar-refractivity contribution is -0.120. The molecule has 1 aromatic carbocycles. The highest BCUT2D eigenvalue weighted by molar-refractivity contribution is 9.10. The number of amides is 1. The molecular formula is C12H15BrN2O2. The lowest BCUT2D eigenvalue weighted by Gasteiger charge is -2.23. The van der Waals surface area contributed by atoms with Crippen LogP contribution in [0.4, 0.5) is 5.69 Å². The molecule has 1 fully saturated rings. The van der Waals surface area contributed by atoms with Gasteiger partial charge in [-0.05, 0) is 30.7 Å². The third kappa shape index (κ3) is 3.28. The van der Waals surface area contributed by atoms with E-state index in [4.69, 9.17) is 4.74 Å². The van der Waals surface area contributed by atoms with E-state index in [2.05, 4.69) is 26.6 Å². The van der Waals surface area contributed by atoms with Crippen LogP contribution in [0.25, 0.3) is 0 Å². The Morgan fingerprint density at radius 1 is 1.59 bits per heavy atom. The molecular weight excluding hydrogens is 284 g/mol. The van der Waals surface area contributed by atoms with Crippen molar-refractivity contribution in [1.29, 1.82) is 0 Å². The number of morpholine rings is 1. The van der Waals surface area contributed by atoms with Crippen LogP contribution in [0.2, 0.25) is 0 Å². The zero-order valence-electron chi connectivity index (χ0n) is 9.63. The molecule has 1 unspecified atom stereocenters. The minimum absolute atomic E-state index is 0.0462. The average Bonchev–Trinajstić information content (AvgIpc) is 2.34. The summed E-state index contributed by atoms with van der Waals surface area (Å²) in [5.74, 6) is -0.0462. The maximum Gasteiger partial charge on any atom is 0.243 e. The molecule has 17 heavy (non-hydrogen) atoms. The lowest BCUT2D eigenvalue weighted by atomic mass is 10.2. The Labute approximate surface area is 109 Å². The van der Waals surface area contributed by atoms with Gasteiger partial charge < -0.3 is 15.4 Å². The van der Waals surface area contributed by atoms with Crippen LogP contribution in [0.3, 0.4) is 0 Å². The number of carbonyl (C=O) groups excluding carboxylic acids is 1. The van der Waals surface area contributed by atoms with Crippen molar-refractivity contribution in [3.63, 3.8) is 0 Å². The molecule has 1 heterocycles. The number of halogens is 1. The molecule has 92 valence electrons. The zero-order valence-corrected chi connectivity index (χ0v) is 11.2. The maximum atomic E-state index is 11.9. The Hall–Kier alpha value is -0.910. The first kappa shape index (κ1) is 12.5. The summed E-state index contributed by atoms with van der Waals surface area (Å²) in [5.41, 5.74) is 1.87. The molecule has 0 radical (unpaired) electrons. The van der Waals surface area contributed by atoms with Crippen LogP contribution >= 0.6 is 15.9 Å². The smallest absolute Gasteiger partial charge is 0.243 e. The molecule has 2 rings (SSSR count). The number of carbonyl (C=O) groups is 1. The lowest BCUT2D eigenvalue weighted by Crippen LogP contribution is -2.48. The predicted octanol–water partition coefficient (Wildman–Crippen LogP) is 1.68. The van der Waals surface area contributed by atoms with E-state index < -0.39 is 0 Å². The van der Waals surface area contributed by atoms with E-state index in [-0.39, 0.29) is 11.9 Å². The second kappa shape index (κ2) is 5.62. The topological polar surface area (TPSA) is 50.4 Å². The molecule has 5 heteroatoms. The van der Waals surface area contributed by atoms with E-state index in [0.717, 1.165) is 22.3 Å². The molecule has 4 nitrogen and oxygen atoms in total. The molecule has 1 saturated heterocycles. The first-order chi connectivity index (χ1) is 8.16. The highest BCUT2D eigenvalue weighted by atomic mass is 79.9. The van der Waals surface area contributed by atoms with E-state index in [0.29, 0.717) is 13.2 Å². The van der Waals surface area contributed by atoms with E-state index in [1.165, 1.54) is 0 Å². The van der Waals surface area contributed by atoms with Crippen LogP contribution in [-0.4, -0.2) is 31.7 Å². The first-order valence-corrected chi connectivity index (χ1v) is 6.34.